The molecule has 6 heteroatoms. The minimum atomic E-state index is 0.0922. The van der Waals surface area contributed by atoms with Gasteiger partial charge in [0, 0.05) is 37.3 Å². The first-order valence-electron chi connectivity index (χ1n) is 10.0. The fourth-order valence-corrected chi connectivity index (χ4v) is 4.04. The molecule has 2 fully saturated rings. The van der Waals surface area contributed by atoms with Crippen LogP contribution in [0, 0.1) is 5.92 Å². The number of likely N-dealkylation sites (tertiary alicyclic amines) is 1. The third kappa shape index (κ3) is 4.41. The topological polar surface area (TPSA) is 45.7 Å². The lowest BCUT2D eigenvalue weighted by Crippen LogP contribution is -2.38. The number of pyridine rings is 1. The zero-order valence-corrected chi connectivity index (χ0v) is 16.9. The smallest absolute Gasteiger partial charge is 0.255 e. The van der Waals surface area contributed by atoms with Crippen molar-refractivity contribution in [2.24, 2.45) is 5.92 Å². The fraction of sp³-hybridized carbons (Fsp3) is 0.455. The molecule has 0 saturated carbocycles. The van der Waals surface area contributed by atoms with E-state index in [2.05, 4.69) is 16.8 Å². The molecule has 1 aromatic carbocycles. The molecule has 148 valence electrons. The summed E-state index contributed by atoms with van der Waals surface area (Å²) in [6, 6.07) is 11.3. The SMILES string of the molecule is CC1CCN(C(=O)c2ccc(N3CCC(Oc4cccc(Cl)c4)C3)nc2)CC1. The Hall–Kier alpha value is -2.27. The summed E-state index contributed by atoms with van der Waals surface area (Å²) < 4.78 is 6.04. The number of benzene rings is 1. The molecule has 0 N–H and O–H groups in total. The van der Waals surface area contributed by atoms with Crippen LogP contribution in [0.25, 0.3) is 0 Å². The first-order chi connectivity index (χ1) is 13.6. The summed E-state index contributed by atoms with van der Waals surface area (Å²) in [5.74, 6) is 2.49. The highest BCUT2D eigenvalue weighted by atomic mass is 35.5. The minimum absolute atomic E-state index is 0.0922. The van der Waals surface area contributed by atoms with E-state index in [1.54, 1.807) is 6.20 Å². The molecule has 3 heterocycles. The molecule has 2 aliphatic rings. The number of aromatic nitrogens is 1. The van der Waals surface area contributed by atoms with Gasteiger partial charge < -0.3 is 14.5 Å². The zero-order chi connectivity index (χ0) is 19.5. The maximum Gasteiger partial charge on any atom is 0.255 e. The quantitative estimate of drug-likeness (QED) is 0.770. The Morgan fingerprint density at radius 3 is 2.68 bits per heavy atom. The lowest BCUT2D eigenvalue weighted by Gasteiger charge is -2.30. The number of nitrogens with zero attached hydrogens (tertiary/aromatic N) is 3. The van der Waals surface area contributed by atoms with Gasteiger partial charge in [-0.1, -0.05) is 24.6 Å². The average Bonchev–Trinajstić information content (AvgIpc) is 3.17. The third-order valence-electron chi connectivity index (χ3n) is 5.63. The second kappa shape index (κ2) is 8.39. The second-order valence-electron chi connectivity index (χ2n) is 7.81. The van der Waals surface area contributed by atoms with Crippen LogP contribution in [-0.4, -0.2) is 48.1 Å². The van der Waals surface area contributed by atoms with Crippen molar-refractivity contribution in [1.82, 2.24) is 9.88 Å². The predicted molar refractivity (Wildman–Crippen MR) is 111 cm³/mol. The molecule has 1 aromatic heterocycles. The van der Waals surface area contributed by atoms with Gasteiger partial charge in [0.15, 0.2) is 0 Å². The molecule has 0 spiro atoms. The van der Waals surface area contributed by atoms with Crippen LogP contribution in [0.2, 0.25) is 5.02 Å². The van der Waals surface area contributed by atoms with E-state index in [4.69, 9.17) is 16.3 Å². The van der Waals surface area contributed by atoms with Crippen LogP contribution in [0.5, 0.6) is 5.75 Å². The van der Waals surface area contributed by atoms with Gasteiger partial charge in [0.2, 0.25) is 0 Å². The van der Waals surface area contributed by atoms with Gasteiger partial charge in [-0.25, -0.2) is 4.98 Å². The monoisotopic (exact) mass is 399 g/mol. The molecule has 2 aliphatic heterocycles. The molecule has 0 bridgehead atoms. The van der Waals surface area contributed by atoms with E-state index in [0.29, 0.717) is 16.5 Å². The molecule has 2 aromatic rings. The van der Waals surface area contributed by atoms with E-state index < -0.39 is 0 Å². The lowest BCUT2D eigenvalue weighted by atomic mass is 9.99. The zero-order valence-electron chi connectivity index (χ0n) is 16.2. The summed E-state index contributed by atoms with van der Waals surface area (Å²) >= 11 is 6.03. The van der Waals surface area contributed by atoms with Crippen molar-refractivity contribution < 1.29 is 9.53 Å². The van der Waals surface area contributed by atoms with Crippen LogP contribution in [0.4, 0.5) is 5.82 Å². The summed E-state index contributed by atoms with van der Waals surface area (Å²) in [5.41, 5.74) is 0.671. The summed E-state index contributed by atoms with van der Waals surface area (Å²) in [6.45, 7) is 5.59. The Kier molecular flexibility index (Phi) is 5.72. The molecule has 2 saturated heterocycles. The van der Waals surface area contributed by atoms with E-state index >= 15 is 0 Å². The molecule has 1 amide bonds. The van der Waals surface area contributed by atoms with Gasteiger partial charge in [0.1, 0.15) is 17.7 Å². The van der Waals surface area contributed by atoms with Crippen molar-refractivity contribution in [3.8, 4) is 5.75 Å². The molecular weight excluding hydrogens is 374 g/mol. The van der Waals surface area contributed by atoms with Crippen LogP contribution >= 0.6 is 11.6 Å². The van der Waals surface area contributed by atoms with Gasteiger partial charge in [0.05, 0.1) is 12.1 Å². The van der Waals surface area contributed by atoms with Crippen LogP contribution in [0.1, 0.15) is 36.5 Å². The van der Waals surface area contributed by atoms with Gasteiger partial charge in [-0.05, 0) is 49.1 Å². The Labute approximate surface area is 171 Å². The highest BCUT2D eigenvalue weighted by molar-refractivity contribution is 6.30. The van der Waals surface area contributed by atoms with Crippen molar-refractivity contribution in [3.63, 3.8) is 0 Å². The van der Waals surface area contributed by atoms with Gasteiger partial charge in [-0.2, -0.15) is 0 Å². The van der Waals surface area contributed by atoms with Gasteiger partial charge in [-0.15, -0.1) is 0 Å². The normalized spacial score (nSPS) is 20.4. The van der Waals surface area contributed by atoms with Crippen LogP contribution in [0.3, 0.4) is 0 Å². The molecule has 1 atom stereocenters. The molecular formula is C22H26ClN3O2. The van der Waals surface area contributed by atoms with Crippen LogP contribution in [0.15, 0.2) is 42.6 Å². The number of carbonyl (C=O) groups is 1. The highest BCUT2D eigenvalue weighted by Gasteiger charge is 2.26. The molecule has 0 radical (unpaired) electrons. The molecule has 28 heavy (non-hydrogen) atoms. The Morgan fingerprint density at radius 1 is 1.14 bits per heavy atom. The summed E-state index contributed by atoms with van der Waals surface area (Å²) in [5, 5.41) is 0.678. The van der Waals surface area contributed by atoms with Crippen molar-refractivity contribution >= 4 is 23.3 Å². The van der Waals surface area contributed by atoms with Crippen molar-refractivity contribution in [1.29, 1.82) is 0 Å². The number of hydrogen-bond donors (Lipinski definition) is 0. The van der Waals surface area contributed by atoms with Gasteiger partial charge in [0.25, 0.3) is 5.91 Å². The Bertz CT molecular complexity index is 819. The standard InChI is InChI=1S/C22H26ClN3O2/c1-16-7-10-25(11-8-16)22(27)17-5-6-21(24-14-17)26-12-9-20(15-26)28-19-4-2-3-18(23)13-19/h2-6,13-14,16,20H,7-12,15H2,1H3. The van der Waals surface area contributed by atoms with Gasteiger partial charge in [-0.3, -0.25) is 4.79 Å². The number of piperidine rings is 1. The summed E-state index contributed by atoms with van der Waals surface area (Å²) in [4.78, 5) is 21.4. The number of halogens is 1. The van der Waals surface area contributed by atoms with E-state index in [0.717, 1.165) is 57.0 Å². The second-order valence-corrected chi connectivity index (χ2v) is 8.25. The number of rotatable bonds is 4. The van der Waals surface area contributed by atoms with Crippen LogP contribution < -0.4 is 9.64 Å². The largest absolute Gasteiger partial charge is 0.488 e. The van der Waals surface area contributed by atoms with E-state index in [1.165, 1.54) is 0 Å². The third-order valence-corrected chi connectivity index (χ3v) is 5.87. The molecule has 1 unspecified atom stereocenters. The summed E-state index contributed by atoms with van der Waals surface area (Å²) in [7, 11) is 0. The van der Waals surface area contributed by atoms with E-state index in [-0.39, 0.29) is 12.0 Å². The van der Waals surface area contributed by atoms with Crippen LogP contribution in [-0.2, 0) is 0 Å². The molecule has 5 nitrogen and oxygen atoms in total. The van der Waals surface area contributed by atoms with E-state index in [1.807, 2.05) is 41.3 Å². The minimum Gasteiger partial charge on any atom is -0.488 e. The fourth-order valence-electron chi connectivity index (χ4n) is 3.86. The summed E-state index contributed by atoms with van der Waals surface area (Å²) in [6.07, 6.45) is 4.91. The highest BCUT2D eigenvalue weighted by Crippen LogP contribution is 2.25. The van der Waals surface area contributed by atoms with E-state index in [9.17, 15) is 4.79 Å². The lowest BCUT2D eigenvalue weighted by molar-refractivity contribution is 0.0697. The number of amides is 1. The molecule has 0 aliphatic carbocycles. The first-order valence-corrected chi connectivity index (χ1v) is 10.4. The number of carbonyl (C=O) groups excluding carboxylic acids is 1. The number of hydrogen-bond acceptors (Lipinski definition) is 4. The maximum absolute atomic E-state index is 12.7. The van der Waals surface area contributed by atoms with Crippen molar-refractivity contribution in [2.45, 2.75) is 32.3 Å². The predicted octanol–water partition coefficient (Wildman–Crippen LogP) is 4.26. The Morgan fingerprint density at radius 2 is 1.96 bits per heavy atom. The Balaban J connectivity index is 1.34. The average molecular weight is 400 g/mol. The maximum atomic E-state index is 12.7. The van der Waals surface area contributed by atoms with Crippen molar-refractivity contribution in [2.75, 3.05) is 31.1 Å². The number of anilines is 1. The first kappa shape index (κ1) is 19.1. The van der Waals surface area contributed by atoms with Crippen molar-refractivity contribution in [3.05, 3.63) is 53.2 Å². The number of ether oxygens (including phenoxy) is 1. The molecule has 4 rings (SSSR count). The van der Waals surface area contributed by atoms with Gasteiger partial charge >= 0.3 is 0 Å².